The van der Waals surface area contributed by atoms with Crippen molar-refractivity contribution in [3.8, 4) is 0 Å². The molecule has 1 unspecified atom stereocenters. The van der Waals surface area contributed by atoms with Crippen LogP contribution in [0.5, 0.6) is 0 Å². The summed E-state index contributed by atoms with van der Waals surface area (Å²) in [7, 11) is 0. The summed E-state index contributed by atoms with van der Waals surface area (Å²) in [5.74, 6) is 0.543. The van der Waals surface area contributed by atoms with Crippen LogP contribution in [-0.4, -0.2) is 37.5 Å². The summed E-state index contributed by atoms with van der Waals surface area (Å²) in [5, 5.41) is 6.84. The second-order valence-corrected chi connectivity index (χ2v) is 7.34. The van der Waals surface area contributed by atoms with Gasteiger partial charge in [0.1, 0.15) is 6.04 Å². The van der Waals surface area contributed by atoms with E-state index in [0.29, 0.717) is 30.3 Å². The molecule has 0 bridgehead atoms. The lowest BCUT2D eigenvalue weighted by atomic mass is 9.93. The number of nitrogens with one attached hydrogen (secondary N) is 2. The fraction of sp³-hybridized carbons (Fsp3) is 0.579. The number of rotatable bonds is 5. The standard InChI is InChI=1S/C19H26ClN3O2/c20-15-4-1-2-6-17(15)23-13-3-5-16(19(23)25)22-18(24)8-7-14-9-11-21-12-10-14/h1-2,4,6,14,16,21H,3,5,7-13H2,(H,22,24). The van der Waals surface area contributed by atoms with E-state index in [1.165, 1.54) is 0 Å². The molecule has 6 heteroatoms. The average molecular weight is 364 g/mol. The van der Waals surface area contributed by atoms with Gasteiger partial charge in [0.05, 0.1) is 10.7 Å². The summed E-state index contributed by atoms with van der Waals surface area (Å²) in [4.78, 5) is 26.7. The molecule has 2 aliphatic heterocycles. The minimum Gasteiger partial charge on any atom is -0.344 e. The number of carbonyl (C=O) groups excluding carboxylic acids is 2. The zero-order chi connectivity index (χ0) is 17.6. The second-order valence-electron chi connectivity index (χ2n) is 6.94. The molecule has 136 valence electrons. The molecule has 1 aromatic carbocycles. The summed E-state index contributed by atoms with van der Waals surface area (Å²) < 4.78 is 0. The molecule has 2 fully saturated rings. The fourth-order valence-corrected chi connectivity index (χ4v) is 3.93. The van der Waals surface area contributed by atoms with Gasteiger partial charge in [-0.3, -0.25) is 9.59 Å². The van der Waals surface area contributed by atoms with Crippen LogP contribution in [0.1, 0.15) is 38.5 Å². The monoisotopic (exact) mass is 363 g/mol. The first-order valence-electron chi connectivity index (χ1n) is 9.21. The summed E-state index contributed by atoms with van der Waals surface area (Å²) in [6.07, 6.45) is 5.23. The van der Waals surface area contributed by atoms with Crippen LogP contribution < -0.4 is 15.5 Å². The lowest BCUT2D eigenvalue weighted by Gasteiger charge is -2.33. The predicted molar refractivity (Wildman–Crippen MR) is 99.8 cm³/mol. The summed E-state index contributed by atoms with van der Waals surface area (Å²) in [6.45, 7) is 2.73. The molecule has 25 heavy (non-hydrogen) atoms. The Kier molecular flexibility index (Phi) is 6.32. The topological polar surface area (TPSA) is 61.4 Å². The zero-order valence-electron chi connectivity index (χ0n) is 14.5. The maximum atomic E-state index is 12.8. The van der Waals surface area contributed by atoms with Crippen LogP contribution in [0, 0.1) is 5.92 Å². The largest absolute Gasteiger partial charge is 0.344 e. The SMILES string of the molecule is O=C(CCC1CCNCC1)NC1CCCN(c2ccccc2Cl)C1=O. The van der Waals surface area contributed by atoms with Crippen LogP contribution in [0.3, 0.4) is 0 Å². The van der Waals surface area contributed by atoms with Gasteiger partial charge in [0.2, 0.25) is 11.8 Å². The maximum absolute atomic E-state index is 12.8. The number of hydrogen-bond donors (Lipinski definition) is 2. The molecule has 2 saturated heterocycles. The first kappa shape index (κ1) is 18.2. The Morgan fingerprint density at radius 3 is 2.76 bits per heavy atom. The van der Waals surface area contributed by atoms with E-state index in [1.807, 2.05) is 18.2 Å². The maximum Gasteiger partial charge on any atom is 0.249 e. The second kappa shape index (κ2) is 8.68. The van der Waals surface area contributed by atoms with Gasteiger partial charge in [0.25, 0.3) is 0 Å². The molecule has 0 saturated carbocycles. The number of piperidine rings is 2. The number of nitrogens with zero attached hydrogens (tertiary/aromatic N) is 1. The van der Waals surface area contributed by atoms with Crippen LogP contribution in [0.2, 0.25) is 5.02 Å². The van der Waals surface area contributed by atoms with E-state index in [-0.39, 0.29) is 11.8 Å². The van der Waals surface area contributed by atoms with Gasteiger partial charge in [0, 0.05) is 13.0 Å². The molecule has 1 aromatic rings. The van der Waals surface area contributed by atoms with E-state index in [1.54, 1.807) is 11.0 Å². The lowest BCUT2D eigenvalue weighted by molar-refractivity contribution is -0.128. The van der Waals surface area contributed by atoms with Crippen LogP contribution in [0.4, 0.5) is 5.69 Å². The van der Waals surface area contributed by atoms with Gasteiger partial charge in [-0.2, -0.15) is 0 Å². The Labute approximate surface area is 154 Å². The van der Waals surface area contributed by atoms with Gasteiger partial charge in [-0.05, 0) is 63.2 Å². The van der Waals surface area contributed by atoms with Gasteiger partial charge in [-0.15, -0.1) is 0 Å². The molecular weight excluding hydrogens is 338 g/mol. The zero-order valence-corrected chi connectivity index (χ0v) is 15.2. The van der Waals surface area contributed by atoms with Gasteiger partial charge >= 0.3 is 0 Å². The predicted octanol–water partition coefficient (Wildman–Crippen LogP) is 2.73. The number of amides is 2. The van der Waals surface area contributed by atoms with E-state index in [9.17, 15) is 9.59 Å². The molecular formula is C19H26ClN3O2. The van der Waals surface area contributed by atoms with Gasteiger partial charge in [0.15, 0.2) is 0 Å². The number of halogens is 1. The highest BCUT2D eigenvalue weighted by molar-refractivity contribution is 6.33. The summed E-state index contributed by atoms with van der Waals surface area (Å²) in [6, 6.07) is 6.91. The first-order valence-corrected chi connectivity index (χ1v) is 9.59. The number of carbonyl (C=O) groups is 2. The molecule has 2 amide bonds. The molecule has 0 spiro atoms. The van der Waals surface area contributed by atoms with Gasteiger partial charge < -0.3 is 15.5 Å². The van der Waals surface area contributed by atoms with Crippen molar-refractivity contribution in [3.05, 3.63) is 29.3 Å². The normalized spacial score (nSPS) is 22.0. The summed E-state index contributed by atoms with van der Waals surface area (Å²) >= 11 is 6.23. The third-order valence-electron chi connectivity index (χ3n) is 5.16. The molecule has 2 heterocycles. The molecule has 1 atom stereocenters. The molecule has 2 aliphatic rings. The van der Waals surface area contributed by atoms with E-state index in [4.69, 9.17) is 11.6 Å². The quantitative estimate of drug-likeness (QED) is 0.845. The third kappa shape index (κ3) is 4.73. The van der Waals surface area contributed by atoms with Crippen LogP contribution in [0.15, 0.2) is 24.3 Å². The van der Waals surface area contributed by atoms with Crippen molar-refractivity contribution in [3.63, 3.8) is 0 Å². The molecule has 3 rings (SSSR count). The molecule has 2 N–H and O–H groups in total. The van der Waals surface area contributed by atoms with Crippen molar-refractivity contribution < 1.29 is 9.59 Å². The molecule has 0 aliphatic carbocycles. The van der Waals surface area contributed by atoms with E-state index in [2.05, 4.69) is 10.6 Å². The Hall–Kier alpha value is -1.59. The highest BCUT2D eigenvalue weighted by Gasteiger charge is 2.31. The van der Waals surface area contributed by atoms with Crippen molar-refractivity contribution in [2.24, 2.45) is 5.92 Å². The van der Waals surface area contributed by atoms with E-state index in [0.717, 1.165) is 44.5 Å². The minimum absolute atomic E-state index is 0.0158. The number of para-hydroxylation sites is 1. The van der Waals surface area contributed by atoms with Crippen molar-refractivity contribution >= 4 is 29.1 Å². The smallest absolute Gasteiger partial charge is 0.249 e. The first-order chi connectivity index (χ1) is 12.1. The Balaban J connectivity index is 1.54. The highest BCUT2D eigenvalue weighted by atomic mass is 35.5. The van der Waals surface area contributed by atoms with Crippen LogP contribution >= 0.6 is 11.6 Å². The van der Waals surface area contributed by atoms with Crippen molar-refractivity contribution in [1.29, 1.82) is 0 Å². The van der Waals surface area contributed by atoms with Crippen molar-refractivity contribution in [2.75, 3.05) is 24.5 Å². The van der Waals surface area contributed by atoms with Crippen molar-refractivity contribution in [1.82, 2.24) is 10.6 Å². The molecule has 5 nitrogen and oxygen atoms in total. The summed E-state index contributed by atoms with van der Waals surface area (Å²) in [5.41, 5.74) is 0.725. The number of hydrogen-bond acceptors (Lipinski definition) is 3. The third-order valence-corrected chi connectivity index (χ3v) is 5.48. The minimum atomic E-state index is -0.439. The van der Waals surface area contributed by atoms with Gasteiger partial charge in [-0.25, -0.2) is 0 Å². The van der Waals surface area contributed by atoms with Crippen LogP contribution in [-0.2, 0) is 9.59 Å². The van der Waals surface area contributed by atoms with Crippen LogP contribution in [0.25, 0.3) is 0 Å². The lowest BCUT2D eigenvalue weighted by Crippen LogP contribution is -2.52. The van der Waals surface area contributed by atoms with E-state index >= 15 is 0 Å². The Morgan fingerprint density at radius 2 is 2.00 bits per heavy atom. The molecule has 0 aromatic heterocycles. The number of anilines is 1. The van der Waals surface area contributed by atoms with E-state index < -0.39 is 6.04 Å². The molecule has 0 radical (unpaired) electrons. The Morgan fingerprint density at radius 1 is 1.24 bits per heavy atom. The average Bonchev–Trinajstić information content (AvgIpc) is 2.63. The fourth-order valence-electron chi connectivity index (χ4n) is 3.69. The van der Waals surface area contributed by atoms with Gasteiger partial charge in [-0.1, -0.05) is 23.7 Å². The van der Waals surface area contributed by atoms with Crippen molar-refractivity contribution in [2.45, 2.75) is 44.6 Å². The Bertz CT molecular complexity index is 616. The highest BCUT2D eigenvalue weighted by Crippen LogP contribution is 2.28. The number of benzene rings is 1.